The minimum absolute atomic E-state index is 0.0697. The van der Waals surface area contributed by atoms with Crippen molar-refractivity contribution in [3.8, 4) is 0 Å². The van der Waals surface area contributed by atoms with Crippen LogP contribution >= 0.6 is 0 Å². The quantitative estimate of drug-likeness (QED) is 0.846. The molecule has 1 atom stereocenters. The third kappa shape index (κ3) is 3.48. The first kappa shape index (κ1) is 14.8. The molecular formula is C13H24N2O3S. The molecule has 110 valence electrons. The zero-order chi connectivity index (χ0) is 13.9. The van der Waals surface area contributed by atoms with Crippen molar-refractivity contribution in [3.05, 3.63) is 0 Å². The van der Waals surface area contributed by atoms with Gasteiger partial charge in [-0.05, 0) is 32.6 Å². The number of hydrogen-bond donors (Lipinski definition) is 1. The van der Waals surface area contributed by atoms with Gasteiger partial charge in [0.15, 0.2) is 0 Å². The highest BCUT2D eigenvalue weighted by Gasteiger charge is 2.38. The zero-order valence-electron chi connectivity index (χ0n) is 11.6. The SMILES string of the molecule is CCS(=O)(=O)N1CCC[C@H]1C(=O)NC1CCCCC1. The molecule has 6 heteroatoms. The standard InChI is InChI=1S/C13H24N2O3S/c1-2-19(17,18)15-10-6-9-12(15)13(16)14-11-7-4-3-5-8-11/h11-12H,2-10H2,1H3,(H,14,16)/t12-/m0/s1. The van der Waals surface area contributed by atoms with Crippen molar-refractivity contribution in [1.29, 1.82) is 0 Å². The molecule has 0 spiro atoms. The molecule has 0 bridgehead atoms. The molecule has 0 radical (unpaired) electrons. The van der Waals surface area contributed by atoms with Gasteiger partial charge in [-0.1, -0.05) is 19.3 Å². The maximum Gasteiger partial charge on any atom is 0.238 e. The summed E-state index contributed by atoms with van der Waals surface area (Å²) < 4.78 is 25.3. The van der Waals surface area contributed by atoms with Crippen LogP contribution in [0.4, 0.5) is 0 Å². The van der Waals surface area contributed by atoms with Crippen LogP contribution < -0.4 is 5.32 Å². The van der Waals surface area contributed by atoms with Crippen LogP contribution in [-0.4, -0.2) is 43.0 Å². The van der Waals surface area contributed by atoms with E-state index in [0.29, 0.717) is 13.0 Å². The summed E-state index contributed by atoms with van der Waals surface area (Å²) >= 11 is 0. The van der Waals surface area contributed by atoms with Gasteiger partial charge in [-0.15, -0.1) is 0 Å². The van der Waals surface area contributed by atoms with Crippen molar-refractivity contribution < 1.29 is 13.2 Å². The van der Waals surface area contributed by atoms with Gasteiger partial charge in [0.05, 0.1) is 5.75 Å². The average molecular weight is 288 g/mol. The van der Waals surface area contributed by atoms with E-state index in [2.05, 4.69) is 5.32 Å². The number of nitrogens with one attached hydrogen (secondary N) is 1. The van der Waals surface area contributed by atoms with Gasteiger partial charge < -0.3 is 5.32 Å². The van der Waals surface area contributed by atoms with E-state index < -0.39 is 16.1 Å². The van der Waals surface area contributed by atoms with Crippen molar-refractivity contribution in [2.45, 2.75) is 64.0 Å². The molecule has 0 aromatic rings. The van der Waals surface area contributed by atoms with Crippen molar-refractivity contribution in [2.75, 3.05) is 12.3 Å². The lowest BCUT2D eigenvalue weighted by Gasteiger charge is -2.27. The van der Waals surface area contributed by atoms with Crippen molar-refractivity contribution >= 4 is 15.9 Å². The summed E-state index contributed by atoms with van der Waals surface area (Å²) in [7, 11) is -3.26. The van der Waals surface area contributed by atoms with Crippen molar-refractivity contribution in [3.63, 3.8) is 0 Å². The second kappa shape index (κ2) is 6.22. The number of amides is 1. The number of sulfonamides is 1. The lowest BCUT2D eigenvalue weighted by Crippen LogP contribution is -2.49. The van der Waals surface area contributed by atoms with E-state index in [1.165, 1.54) is 10.7 Å². The van der Waals surface area contributed by atoms with Crippen LogP contribution in [0.5, 0.6) is 0 Å². The Morgan fingerprint density at radius 1 is 1.16 bits per heavy atom. The summed E-state index contributed by atoms with van der Waals surface area (Å²) in [6.45, 7) is 2.11. The molecule has 1 aliphatic heterocycles. The van der Waals surface area contributed by atoms with Crippen molar-refractivity contribution in [2.24, 2.45) is 0 Å². The second-order valence-corrected chi connectivity index (χ2v) is 7.72. The Kier molecular flexibility index (Phi) is 4.84. The normalized spacial score (nSPS) is 26.5. The van der Waals surface area contributed by atoms with Gasteiger partial charge in [0, 0.05) is 12.6 Å². The van der Waals surface area contributed by atoms with Gasteiger partial charge in [0.2, 0.25) is 15.9 Å². The Morgan fingerprint density at radius 3 is 2.47 bits per heavy atom. The van der Waals surface area contributed by atoms with E-state index >= 15 is 0 Å². The molecular weight excluding hydrogens is 264 g/mol. The van der Waals surface area contributed by atoms with Crippen LogP contribution in [-0.2, 0) is 14.8 Å². The Morgan fingerprint density at radius 2 is 1.84 bits per heavy atom. The maximum atomic E-state index is 12.3. The van der Waals surface area contributed by atoms with Gasteiger partial charge >= 0.3 is 0 Å². The Labute approximate surface area is 115 Å². The fourth-order valence-electron chi connectivity index (χ4n) is 3.05. The Hall–Kier alpha value is -0.620. The van der Waals surface area contributed by atoms with Gasteiger partial charge in [-0.3, -0.25) is 4.79 Å². The molecule has 0 aromatic carbocycles. The molecule has 1 amide bonds. The Bertz CT molecular complexity index is 416. The molecule has 1 saturated carbocycles. The van der Waals surface area contributed by atoms with E-state index in [4.69, 9.17) is 0 Å². The molecule has 2 fully saturated rings. The molecule has 1 heterocycles. The number of rotatable bonds is 4. The molecule has 1 saturated heterocycles. The van der Waals surface area contributed by atoms with Gasteiger partial charge in [0.25, 0.3) is 0 Å². The van der Waals surface area contributed by atoms with Crippen LogP contribution in [0.15, 0.2) is 0 Å². The third-order valence-electron chi connectivity index (χ3n) is 4.18. The highest BCUT2D eigenvalue weighted by atomic mass is 32.2. The number of carbonyl (C=O) groups excluding carboxylic acids is 1. The summed E-state index contributed by atoms with van der Waals surface area (Å²) in [5, 5.41) is 3.04. The maximum absolute atomic E-state index is 12.3. The van der Waals surface area contributed by atoms with Crippen LogP contribution in [0, 0.1) is 0 Å². The van der Waals surface area contributed by atoms with E-state index in [-0.39, 0.29) is 17.7 Å². The van der Waals surface area contributed by atoms with Gasteiger partial charge in [0.1, 0.15) is 6.04 Å². The van der Waals surface area contributed by atoms with E-state index in [9.17, 15) is 13.2 Å². The molecule has 2 rings (SSSR count). The zero-order valence-corrected chi connectivity index (χ0v) is 12.4. The van der Waals surface area contributed by atoms with E-state index in [0.717, 1.165) is 32.1 Å². The smallest absolute Gasteiger partial charge is 0.238 e. The minimum Gasteiger partial charge on any atom is -0.352 e. The lowest BCUT2D eigenvalue weighted by molar-refractivity contribution is -0.125. The number of carbonyl (C=O) groups is 1. The summed E-state index contributed by atoms with van der Waals surface area (Å²) in [5.74, 6) is -0.0263. The van der Waals surface area contributed by atoms with Gasteiger partial charge in [-0.25, -0.2) is 8.42 Å². The first-order valence-electron chi connectivity index (χ1n) is 7.34. The first-order valence-corrected chi connectivity index (χ1v) is 8.95. The number of nitrogens with zero attached hydrogens (tertiary/aromatic N) is 1. The van der Waals surface area contributed by atoms with Crippen molar-refractivity contribution in [1.82, 2.24) is 9.62 Å². The molecule has 19 heavy (non-hydrogen) atoms. The molecule has 1 aliphatic carbocycles. The van der Waals surface area contributed by atoms with Crippen LogP contribution in [0.1, 0.15) is 51.9 Å². The predicted octanol–water partition coefficient (Wildman–Crippen LogP) is 1.25. The van der Waals surface area contributed by atoms with Crippen LogP contribution in [0.2, 0.25) is 0 Å². The minimum atomic E-state index is -3.26. The summed E-state index contributed by atoms with van der Waals surface area (Å²) in [5.41, 5.74) is 0. The molecule has 5 nitrogen and oxygen atoms in total. The van der Waals surface area contributed by atoms with E-state index in [1.807, 2.05) is 0 Å². The van der Waals surface area contributed by atoms with Crippen LogP contribution in [0.3, 0.4) is 0 Å². The predicted molar refractivity (Wildman–Crippen MR) is 74.2 cm³/mol. The molecule has 0 aromatic heterocycles. The highest BCUT2D eigenvalue weighted by Crippen LogP contribution is 2.23. The largest absolute Gasteiger partial charge is 0.352 e. The van der Waals surface area contributed by atoms with E-state index in [1.54, 1.807) is 6.92 Å². The second-order valence-electron chi connectivity index (χ2n) is 5.51. The first-order chi connectivity index (χ1) is 9.04. The van der Waals surface area contributed by atoms with Crippen LogP contribution in [0.25, 0.3) is 0 Å². The average Bonchev–Trinajstić information content (AvgIpc) is 2.90. The summed E-state index contributed by atoms with van der Waals surface area (Å²) in [6, 6.07) is -0.236. The fourth-order valence-corrected chi connectivity index (χ4v) is 4.37. The van der Waals surface area contributed by atoms with Gasteiger partial charge in [-0.2, -0.15) is 4.31 Å². The monoisotopic (exact) mass is 288 g/mol. The lowest BCUT2D eigenvalue weighted by atomic mass is 9.95. The highest BCUT2D eigenvalue weighted by molar-refractivity contribution is 7.89. The number of hydrogen-bond acceptors (Lipinski definition) is 3. The topological polar surface area (TPSA) is 66.5 Å². The summed E-state index contributed by atoms with van der Waals surface area (Å²) in [4.78, 5) is 12.3. The summed E-state index contributed by atoms with van der Waals surface area (Å²) in [6.07, 6.45) is 7.04. The molecule has 2 aliphatic rings. The Balaban J connectivity index is 1.97. The molecule has 1 N–H and O–H groups in total. The fraction of sp³-hybridized carbons (Fsp3) is 0.923. The third-order valence-corrected chi connectivity index (χ3v) is 6.06. The molecule has 0 unspecified atom stereocenters.